The maximum atomic E-state index is 4.43. The van der Waals surface area contributed by atoms with Crippen molar-refractivity contribution in [1.29, 1.82) is 0 Å². The monoisotopic (exact) mass is 202 g/mol. The second-order valence-corrected chi connectivity index (χ2v) is 3.66. The molecule has 15 heavy (non-hydrogen) atoms. The molecule has 2 nitrogen and oxygen atoms in total. The van der Waals surface area contributed by atoms with Crippen LogP contribution in [0.5, 0.6) is 0 Å². The van der Waals surface area contributed by atoms with E-state index in [-0.39, 0.29) is 0 Å². The molecule has 0 N–H and O–H groups in total. The third kappa shape index (κ3) is 2.69. The molecule has 0 unspecified atom stereocenters. The molecule has 0 saturated carbocycles. The lowest BCUT2D eigenvalue weighted by Gasteiger charge is -2.09. The molecule has 0 amide bonds. The van der Waals surface area contributed by atoms with Crippen LogP contribution >= 0.6 is 0 Å². The first kappa shape index (κ1) is 11.5. The summed E-state index contributed by atoms with van der Waals surface area (Å²) in [5, 5.41) is 0. The number of aryl methyl sites for hydroxylation is 2. The molecule has 0 spiro atoms. The Bertz CT molecular complexity index is 400. The Labute approximate surface area is 91.7 Å². The number of hydrogen-bond donors (Lipinski definition) is 0. The van der Waals surface area contributed by atoms with Crippen LogP contribution < -0.4 is 0 Å². The predicted octanol–water partition coefficient (Wildman–Crippen LogP) is 3.46. The highest BCUT2D eigenvalue weighted by atomic mass is 15.1. The lowest BCUT2D eigenvalue weighted by atomic mass is 10.4. The van der Waals surface area contributed by atoms with E-state index >= 15 is 0 Å². The molecule has 2 heteroatoms. The summed E-state index contributed by atoms with van der Waals surface area (Å²) in [7, 11) is 0. The van der Waals surface area contributed by atoms with Gasteiger partial charge in [0, 0.05) is 17.1 Å². The number of hydrogen-bond acceptors (Lipinski definition) is 1. The Morgan fingerprint density at radius 3 is 2.27 bits per heavy atom. The maximum absolute atomic E-state index is 4.43. The largest absolute Gasteiger partial charge is 0.303 e. The summed E-state index contributed by atoms with van der Waals surface area (Å²) in [6.45, 7) is 11.8. The zero-order chi connectivity index (χ0) is 11.4. The van der Waals surface area contributed by atoms with Crippen molar-refractivity contribution in [2.45, 2.75) is 27.7 Å². The number of allylic oxidation sites excluding steroid dienone is 3. The lowest BCUT2D eigenvalue weighted by molar-refractivity contribution is 1.02. The summed E-state index contributed by atoms with van der Waals surface area (Å²) in [6.07, 6.45) is 3.98. The molecule has 1 rings (SSSR count). The zero-order valence-electron chi connectivity index (χ0n) is 9.91. The SMILES string of the molecule is C=C(C)/N=C(\C=C/C)n1c(C)ccc1C. The summed E-state index contributed by atoms with van der Waals surface area (Å²) in [6, 6.07) is 4.18. The van der Waals surface area contributed by atoms with Gasteiger partial charge in [0.1, 0.15) is 5.84 Å². The molecule has 1 aromatic rings. The third-order valence-electron chi connectivity index (χ3n) is 2.12. The van der Waals surface area contributed by atoms with Gasteiger partial charge >= 0.3 is 0 Å². The fraction of sp³-hybridized carbons (Fsp3) is 0.308. The molecule has 0 aromatic carbocycles. The molecule has 80 valence electrons. The van der Waals surface area contributed by atoms with Crippen molar-refractivity contribution >= 4 is 5.84 Å². The van der Waals surface area contributed by atoms with Gasteiger partial charge in [0.2, 0.25) is 0 Å². The number of nitrogens with zero attached hydrogens (tertiary/aromatic N) is 2. The van der Waals surface area contributed by atoms with E-state index in [1.54, 1.807) is 0 Å². The van der Waals surface area contributed by atoms with Crippen molar-refractivity contribution in [3.63, 3.8) is 0 Å². The average molecular weight is 202 g/mol. The minimum absolute atomic E-state index is 0.815. The minimum atomic E-state index is 0.815. The van der Waals surface area contributed by atoms with Crippen molar-refractivity contribution in [3.8, 4) is 0 Å². The van der Waals surface area contributed by atoms with E-state index in [2.05, 4.69) is 42.1 Å². The molecule has 1 heterocycles. The Balaban J connectivity index is 3.27. The summed E-state index contributed by atoms with van der Waals surface area (Å²) < 4.78 is 2.12. The summed E-state index contributed by atoms with van der Waals surface area (Å²) >= 11 is 0. The molecule has 0 bridgehead atoms. The van der Waals surface area contributed by atoms with E-state index in [9.17, 15) is 0 Å². The van der Waals surface area contributed by atoms with E-state index in [4.69, 9.17) is 0 Å². The van der Waals surface area contributed by atoms with E-state index in [1.165, 1.54) is 11.4 Å². The van der Waals surface area contributed by atoms with Crippen LogP contribution in [0.4, 0.5) is 0 Å². The third-order valence-corrected chi connectivity index (χ3v) is 2.12. The van der Waals surface area contributed by atoms with Gasteiger partial charge in [-0.3, -0.25) is 0 Å². The van der Waals surface area contributed by atoms with Crippen LogP contribution in [-0.2, 0) is 0 Å². The van der Waals surface area contributed by atoms with Crippen LogP contribution in [0.1, 0.15) is 25.2 Å². The molecule has 0 radical (unpaired) electrons. The van der Waals surface area contributed by atoms with Crippen LogP contribution in [0.3, 0.4) is 0 Å². The summed E-state index contributed by atoms with van der Waals surface area (Å²) in [5.41, 5.74) is 3.19. The van der Waals surface area contributed by atoms with Crippen LogP contribution in [0, 0.1) is 13.8 Å². The molecular weight excluding hydrogens is 184 g/mol. The first-order valence-electron chi connectivity index (χ1n) is 5.08. The van der Waals surface area contributed by atoms with E-state index in [0.717, 1.165) is 11.5 Å². The van der Waals surface area contributed by atoms with Crippen molar-refractivity contribution in [2.75, 3.05) is 0 Å². The Morgan fingerprint density at radius 2 is 1.87 bits per heavy atom. The second kappa shape index (κ2) is 4.78. The first-order chi connectivity index (χ1) is 7.06. The minimum Gasteiger partial charge on any atom is -0.303 e. The second-order valence-electron chi connectivity index (χ2n) is 3.66. The lowest BCUT2D eigenvalue weighted by Crippen LogP contribution is -2.12. The molecule has 0 atom stereocenters. The van der Waals surface area contributed by atoms with Gasteiger partial charge in [-0.1, -0.05) is 12.7 Å². The normalized spacial score (nSPS) is 12.4. The van der Waals surface area contributed by atoms with E-state index < -0.39 is 0 Å². The van der Waals surface area contributed by atoms with Crippen molar-refractivity contribution in [3.05, 3.63) is 47.9 Å². The van der Waals surface area contributed by atoms with Crippen LogP contribution in [-0.4, -0.2) is 10.4 Å². The van der Waals surface area contributed by atoms with Gasteiger partial charge in [-0.05, 0) is 45.9 Å². The zero-order valence-corrected chi connectivity index (χ0v) is 9.91. The highest BCUT2D eigenvalue weighted by molar-refractivity contribution is 5.96. The summed E-state index contributed by atoms with van der Waals surface area (Å²) in [4.78, 5) is 4.43. The highest BCUT2D eigenvalue weighted by Gasteiger charge is 2.04. The predicted molar refractivity (Wildman–Crippen MR) is 66.4 cm³/mol. The van der Waals surface area contributed by atoms with Gasteiger partial charge in [-0.25, -0.2) is 4.99 Å². The highest BCUT2D eigenvalue weighted by Crippen LogP contribution is 2.09. The fourth-order valence-electron chi connectivity index (χ4n) is 1.54. The molecule has 0 aliphatic rings. The van der Waals surface area contributed by atoms with Gasteiger partial charge < -0.3 is 4.57 Å². The first-order valence-corrected chi connectivity index (χ1v) is 5.08. The average Bonchev–Trinajstić information content (AvgIpc) is 2.45. The van der Waals surface area contributed by atoms with Gasteiger partial charge in [0.15, 0.2) is 0 Å². The molecular formula is C13H18N2. The number of aliphatic imine (C=N–C) groups is 1. The van der Waals surface area contributed by atoms with Crippen LogP contribution in [0.15, 0.2) is 41.6 Å². The smallest absolute Gasteiger partial charge is 0.136 e. The van der Waals surface area contributed by atoms with E-state index in [1.807, 2.05) is 26.0 Å². The van der Waals surface area contributed by atoms with Crippen molar-refractivity contribution in [2.24, 2.45) is 4.99 Å². The van der Waals surface area contributed by atoms with E-state index in [0.29, 0.717) is 0 Å². The van der Waals surface area contributed by atoms with Crippen LogP contribution in [0.2, 0.25) is 0 Å². The Morgan fingerprint density at radius 1 is 1.33 bits per heavy atom. The van der Waals surface area contributed by atoms with Gasteiger partial charge in [-0.15, -0.1) is 0 Å². The Hall–Kier alpha value is -1.57. The Kier molecular flexibility index (Phi) is 3.67. The van der Waals surface area contributed by atoms with Crippen LogP contribution in [0.25, 0.3) is 0 Å². The topological polar surface area (TPSA) is 17.3 Å². The number of rotatable bonds is 2. The molecule has 0 fully saturated rings. The molecule has 0 aliphatic carbocycles. The van der Waals surface area contributed by atoms with Crippen molar-refractivity contribution < 1.29 is 0 Å². The maximum Gasteiger partial charge on any atom is 0.136 e. The van der Waals surface area contributed by atoms with Gasteiger partial charge in [0.05, 0.1) is 0 Å². The van der Waals surface area contributed by atoms with Gasteiger partial charge in [0.25, 0.3) is 0 Å². The van der Waals surface area contributed by atoms with Crippen molar-refractivity contribution in [1.82, 2.24) is 4.57 Å². The fourth-order valence-corrected chi connectivity index (χ4v) is 1.54. The van der Waals surface area contributed by atoms with Gasteiger partial charge in [-0.2, -0.15) is 0 Å². The molecule has 1 aromatic heterocycles. The standard InChI is InChI=1S/C13H18N2/c1-6-7-13(14-10(2)3)15-11(4)8-9-12(15)5/h6-9H,2H2,1,3-5H3/b7-6-,14-13+. The molecule has 0 aliphatic heterocycles. The number of aromatic nitrogens is 1. The summed E-state index contributed by atoms with van der Waals surface area (Å²) in [5.74, 6) is 0.921. The molecule has 0 saturated heterocycles. The quantitative estimate of drug-likeness (QED) is 0.516.